The van der Waals surface area contributed by atoms with Crippen molar-refractivity contribution in [2.45, 2.75) is 0 Å². The highest BCUT2D eigenvalue weighted by molar-refractivity contribution is 7.12. The number of carboxylic acids is 1. The van der Waals surface area contributed by atoms with Crippen LogP contribution in [0, 0.1) is 11.3 Å². The van der Waals surface area contributed by atoms with E-state index in [0.29, 0.717) is 5.75 Å². The summed E-state index contributed by atoms with van der Waals surface area (Å²) in [7, 11) is 0. The van der Waals surface area contributed by atoms with E-state index in [9.17, 15) is 9.59 Å². The summed E-state index contributed by atoms with van der Waals surface area (Å²) in [5.41, 5.74) is 0. The van der Waals surface area contributed by atoms with E-state index in [1.807, 2.05) is 0 Å². The average Bonchev–Trinajstić information content (AvgIpc) is 2.72. The number of carboxylic acid groups (broad SMARTS) is 1. The molecule has 0 saturated carbocycles. The third kappa shape index (κ3) is 3.59. The van der Waals surface area contributed by atoms with Crippen LogP contribution >= 0.6 is 11.3 Å². The number of rotatable bonds is 5. The predicted octanol–water partition coefficient (Wildman–Crippen LogP) is 0.465. The van der Waals surface area contributed by atoms with E-state index in [1.54, 1.807) is 6.07 Å². The van der Waals surface area contributed by atoms with E-state index in [-0.39, 0.29) is 18.0 Å². The molecule has 0 bridgehead atoms. The summed E-state index contributed by atoms with van der Waals surface area (Å²) in [5.74, 6) is -1.13. The average molecular weight is 240 g/mol. The molecule has 0 fully saturated rings. The van der Waals surface area contributed by atoms with Gasteiger partial charge in [0.1, 0.15) is 17.2 Å². The van der Waals surface area contributed by atoms with Gasteiger partial charge in [-0.2, -0.15) is 5.26 Å². The van der Waals surface area contributed by atoms with Crippen LogP contribution < -0.4 is 10.1 Å². The molecule has 0 aliphatic rings. The van der Waals surface area contributed by atoms with Crippen LogP contribution in [0.1, 0.15) is 9.67 Å². The number of carbonyl (C=O) groups is 2. The summed E-state index contributed by atoms with van der Waals surface area (Å²) >= 11 is 1.02. The molecule has 7 heteroatoms. The summed E-state index contributed by atoms with van der Waals surface area (Å²) < 4.78 is 5.02. The Labute approximate surface area is 95.1 Å². The molecule has 0 saturated heterocycles. The van der Waals surface area contributed by atoms with Crippen LogP contribution in [0.3, 0.4) is 0 Å². The van der Waals surface area contributed by atoms with Crippen LogP contribution in [0.5, 0.6) is 5.75 Å². The molecule has 1 rings (SSSR count). The number of aromatic carboxylic acids is 1. The maximum atomic E-state index is 11.0. The molecule has 1 heterocycles. The maximum Gasteiger partial charge on any atom is 0.346 e. The molecular weight excluding hydrogens is 232 g/mol. The summed E-state index contributed by atoms with van der Waals surface area (Å²) in [6.07, 6.45) is 0. The lowest BCUT2D eigenvalue weighted by Gasteiger charge is -2.02. The molecule has 1 aromatic rings. The first-order valence-electron chi connectivity index (χ1n) is 4.21. The zero-order valence-corrected chi connectivity index (χ0v) is 8.91. The van der Waals surface area contributed by atoms with Gasteiger partial charge in [-0.15, -0.1) is 11.3 Å². The number of amides is 1. The standard InChI is InChI=1S/C9H8N2O4S/c10-1-2-11-8(12)4-15-6-3-7(9(13)14)16-5-6/h3,5H,2,4H2,(H,11,12)(H,13,14). The number of carbonyl (C=O) groups excluding carboxylic acids is 1. The van der Waals surface area contributed by atoms with Crippen LogP contribution in [0.15, 0.2) is 11.4 Å². The highest BCUT2D eigenvalue weighted by Crippen LogP contribution is 2.21. The molecule has 1 aromatic heterocycles. The number of thiophene rings is 1. The van der Waals surface area contributed by atoms with Crippen LogP contribution in [0.25, 0.3) is 0 Å². The van der Waals surface area contributed by atoms with Gasteiger partial charge in [-0.3, -0.25) is 4.79 Å². The van der Waals surface area contributed by atoms with Gasteiger partial charge in [0, 0.05) is 11.4 Å². The normalized spacial score (nSPS) is 9.19. The van der Waals surface area contributed by atoms with Gasteiger partial charge in [0.2, 0.25) is 0 Å². The fraction of sp³-hybridized carbons (Fsp3) is 0.222. The first-order chi connectivity index (χ1) is 7.63. The van der Waals surface area contributed by atoms with Crippen molar-refractivity contribution in [3.05, 3.63) is 16.3 Å². The summed E-state index contributed by atoms with van der Waals surface area (Å²) in [6, 6.07) is 3.09. The monoisotopic (exact) mass is 240 g/mol. The first kappa shape index (κ1) is 12.0. The minimum atomic E-state index is -1.03. The van der Waals surface area contributed by atoms with Crippen molar-refractivity contribution in [3.8, 4) is 11.8 Å². The highest BCUT2D eigenvalue weighted by Gasteiger charge is 2.08. The minimum absolute atomic E-state index is 0.0772. The van der Waals surface area contributed by atoms with Crippen LogP contribution in [-0.2, 0) is 4.79 Å². The lowest BCUT2D eigenvalue weighted by molar-refractivity contribution is -0.122. The Balaban J connectivity index is 2.40. The van der Waals surface area contributed by atoms with Crippen LogP contribution in [0.2, 0.25) is 0 Å². The molecule has 16 heavy (non-hydrogen) atoms. The molecule has 0 radical (unpaired) electrons. The van der Waals surface area contributed by atoms with Crippen molar-refractivity contribution in [2.75, 3.05) is 13.2 Å². The molecule has 1 amide bonds. The topological polar surface area (TPSA) is 99.4 Å². The number of nitriles is 1. The van der Waals surface area contributed by atoms with Crippen molar-refractivity contribution >= 4 is 23.2 Å². The largest absolute Gasteiger partial charge is 0.483 e. The fourth-order valence-corrected chi connectivity index (χ4v) is 1.51. The van der Waals surface area contributed by atoms with Gasteiger partial charge in [-0.25, -0.2) is 4.79 Å². The van der Waals surface area contributed by atoms with Gasteiger partial charge in [0.25, 0.3) is 5.91 Å². The molecule has 2 N–H and O–H groups in total. The lowest BCUT2D eigenvalue weighted by atomic mass is 10.4. The zero-order valence-electron chi connectivity index (χ0n) is 8.10. The second-order valence-corrected chi connectivity index (χ2v) is 3.59. The molecule has 0 unspecified atom stereocenters. The van der Waals surface area contributed by atoms with Gasteiger partial charge in [0.15, 0.2) is 6.61 Å². The second kappa shape index (κ2) is 5.72. The molecule has 84 valence electrons. The predicted molar refractivity (Wildman–Crippen MR) is 55.4 cm³/mol. The molecule has 0 aliphatic carbocycles. The Morgan fingerprint density at radius 1 is 1.62 bits per heavy atom. The Morgan fingerprint density at radius 2 is 2.38 bits per heavy atom. The summed E-state index contributed by atoms with van der Waals surface area (Å²) in [6.45, 7) is -0.316. The Kier molecular flexibility index (Phi) is 4.29. The third-order valence-electron chi connectivity index (χ3n) is 1.52. The SMILES string of the molecule is N#CCNC(=O)COc1csc(C(=O)O)c1. The first-order valence-corrected chi connectivity index (χ1v) is 5.09. The number of hydrogen-bond donors (Lipinski definition) is 2. The van der Waals surface area contributed by atoms with Crippen molar-refractivity contribution < 1.29 is 19.4 Å². The van der Waals surface area contributed by atoms with E-state index < -0.39 is 11.9 Å². The lowest BCUT2D eigenvalue weighted by Crippen LogP contribution is -2.28. The fourth-order valence-electron chi connectivity index (χ4n) is 0.845. The maximum absolute atomic E-state index is 11.0. The molecule has 0 aromatic carbocycles. The van der Waals surface area contributed by atoms with E-state index >= 15 is 0 Å². The Bertz CT molecular complexity index is 435. The van der Waals surface area contributed by atoms with Crippen molar-refractivity contribution in [1.82, 2.24) is 5.32 Å². The van der Waals surface area contributed by atoms with Crippen molar-refractivity contribution in [2.24, 2.45) is 0 Å². The van der Waals surface area contributed by atoms with Crippen molar-refractivity contribution in [3.63, 3.8) is 0 Å². The number of ether oxygens (including phenoxy) is 1. The van der Waals surface area contributed by atoms with E-state index in [2.05, 4.69) is 5.32 Å². The zero-order chi connectivity index (χ0) is 12.0. The van der Waals surface area contributed by atoms with E-state index in [1.165, 1.54) is 11.4 Å². The number of nitrogens with zero attached hydrogens (tertiary/aromatic N) is 1. The van der Waals surface area contributed by atoms with Gasteiger partial charge in [-0.05, 0) is 0 Å². The Morgan fingerprint density at radius 3 is 2.94 bits per heavy atom. The smallest absolute Gasteiger partial charge is 0.346 e. The Hall–Kier alpha value is -2.07. The molecular formula is C9H8N2O4S. The van der Waals surface area contributed by atoms with Crippen LogP contribution in [0.4, 0.5) is 0 Å². The van der Waals surface area contributed by atoms with Crippen molar-refractivity contribution in [1.29, 1.82) is 5.26 Å². The number of hydrogen-bond acceptors (Lipinski definition) is 5. The third-order valence-corrected chi connectivity index (χ3v) is 2.42. The quantitative estimate of drug-likeness (QED) is 0.728. The highest BCUT2D eigenvalue weighted by atomic mass is 32.1. The molecule has 0 aliphatic heterocycles. The second-order valence-electron chi connectivity index (χ2n) is 2.68. The number of nitrogens with one attached hydrogen (secondary N) is 1. The van der Waals surface area contributed by atoms with Gasteiger partial charge in [0.05, 0.1) is 6.07 Å². The minimum Gasteiger partial charge on any atom is -0.483 e. The molecule has 0 atom stereocenters. The van der Waals surface area contributed by atoms with E-state index in [0.717, 1.165) is 11.3 Å². The summed E-state index contributed by atoms with van der Waals surface area (Å²) in [5, 5.41) is 20.6. The van der Waals surface area contributed by atoms with Gasteiger partial charge >= 0.3 is 5.97 Å². The molecule has 0 spiro atoms. The summed E-state index contributed by atoms with van der Waals surface area (Å²) in [4.78, 5) is 21.7. The van der Waals surface area contributed by atoms with Gasteiger partial charge < -0.3 is 15.2 Å². The van der Waals surface area contributed by atoms with Gasteiger partial charge in [-0.1, -0.05) is 0 Å². The molecule has 6 nitrogen and oxygen atoms in total. The van der Waals surface area contributed by atoms with Crippen LogP contribution in [-0.4, -0.2) is 30.1 Å². The van der Waals surface area contributed by atoms with E-state index in [4.69, 9.17) is 15.1 Å².